The van der Waals surface area contributed by atoms with Crippen molar-refractivity contribution in [2.75, 3.05) is 14.1 Å². The molecule has 0 saturated heterocycles. The van der Waals surface area contributed by atoms with E-state index in [1.165, 1.54) is 18.4 Å². The van der Waals surface area contributed by atoms with Crippen molar-refractivity contribution in [2.45, 2.75) is 17.2 Å². The Morgan fingerprint density at radius 2 is 1.93 bits per heavy atom. The molecule has 0 spiro atoms. The van der Waals surface area contributed by atoms with Gasteiger partial charge in [0.15, 0.2) is 0 Å². The Hall–Kier alpha value is -2.49. The number of carbonyl (C=O) groups is 1. The standard InChI is InChI=1S/C18H20N4O3S2/c1-21(2)27(24,25)18-9-8-16(26-18)12-19-17(23)10-14-11-20-22(13-14)15-6-4-3-5-7-15/h3-9,11,13H,10,12H2,1-2H3,(H,19,23). The van der Waals surface area contributed by atoms with Crippen LogP contribution in [0.1, 0.15) is 10.4 Å². The van der Waals surface area contributed by atoms with E-state index in [4.69, 9.17) is 0 Å². The van der Waals surface area contributed by atoms with Gasteiger partial charge in [-0.2, -0.15) is 5.10 Å². The fourth-order valence-corrected chi connectivity index (χ4v) is 4.84. The van der Waals surface area contributed by atoms with Crippen LogP contribution in [0.4, 0.5) is 0 Å². The molecule has 0 fully saturated rings. The molecule has 0 radical (unpaired) electrons. The van der Waals surface area contributed by atoms with Gasteiger partial charge < -0.3 is 5.32 Å². The molecule has 0 aliphatic rings. The van der Waals surface area contributed by atoms with Gasteiger partial charge in [0.05, 0.1) is 24.8 Å². The fraction of sp³-hybridized carbons (Fsp3) is 0.222. The van der Waals surface area contributed by atoms with Crippen molar-refractivity contribution in [3.05, 3.63) is 65.3 Å². The van der Waals surface area contributed by atoms with Crippen LogP contribution in [-0.2, 0) is 27.8 Å². The highest BCUT2D eigenvalue weighted by molar-refractivity contribution is 7.91. The first-order valence-corrected chi connectivity index (χ1v) is 10.5. The summed E-state index contributed by atoms with van der Waals surface area (Å²) in [5.74, 6) is -0.145. The van der Waals surface area contributed by atoms with Crippen LogP contribution >= 0.6 is 11.3 Å². The maximum absolute atomic E-state index is 12.2. The van der Waals surface area contributed by atoms with Crippen LogP contribution in [0.25, 0.3) is 5.69 Å². The molecule has 142 valence electrons. The number of nitrogens with zero attached hydrogens (tertiary/aromatic N) is 3. The molecular weight excluding hydrogens is 384 g/mol. The predicted octanol–water partition coefficient (Wildman–Crippen LogP) is 2.04. The topological polar surface area (TPSA) is 84.3 Å². The molecule has 1 amide bonds. The van der Waals surface area contributed by atoms with Gasteiger partial charge in [0, 0.05) is 25.2 Å². The van der Waals surface area contributed by atoms with Gasteiger partial charge in [0.2, 0.25) is 5.91 Å². The maximum atomic E-state index is 12.2. The minimum absolute atomic E-state index is 0.145. The molecule has 9 heteroatoms. The van der Waals surface area contributed by atoms with Gasteiger partial charge in [0.25, 0.3) is 10.0 Å². The number of benzene rings is 1. The lowest BCUT2D eigenvalue weighted by molar-refractivity contribution is -0.120. The molecule has 0 atom stereocenters. The number of para-hydroxylation sites is 1. The fourth-order valence-electron chi connectivity index (χ4n) is 2.38. The lowest BCUT2D eigenvalue weighted by atomic mass is 10.2. The van der Waals surface area contributed by atoms with Crippen LogP contribution in [-0.4, -0.2) is 42.5 Å². The molecule has 3 rings (SSSR count). The third-order valence-corrected chi connectivity index (χ3v) is 7.22. The molecule has 0 saturated carbocycles. The number of hydrogen-bond acceptors (Lipinski definition) is 5. The second-order valence-electron chi connectivity index (χ2n) is 6.09. The van der Waals surface area contributed by atoms with E-state index in [2.05, 4.69) is 10.4 Å². The third-order valence-electron chi connectivity index (χ3n) is 3.85. The molecule has 3 aromatic rings. The summed E-state index contributed by atoms with van der Waals surface area (Å²) < 4.78 is 27.3. The van der Waals surface area contributed by atoms with E-state index in [1.807, 2.05) is 36.5 Å². The van der Waals surface area contributed by atoms with Crippen molar-refractivity contribution < 1.29 is 13.2 Å². The highest BCUT2D eigenvalue weighted by Crippen LogP contribution is 2.23. The Balaban J connectivity index is 1.57. The Morgan fingerprint density at radius 1 is 1.19 bits per heavy atom. The first-order chi connectivity index (χ1) is 12.9. The number of rotatable bonds is 7. The second-order valence-corrected chi connectivity index (χ2v) is 9.64. The molecule has 1 N–H and O–H groups in total. The molecule has 0 unspecified atom stereocenters. The number of sulfonamides is 1. The first kappa shape index (κ1) is 19.3. The molecule has 0 aliphatic heterocycles. The van der Waals surface area contributed by atoms with Crippen molar-refractivity contribution in [3.63, 3.8) is 0 Å². The monoisotopic (exact) mass is 404 g/mol. The van der Waals surface area contributed by atoms with Crippen molar-refractivity contribution in [1.29, 1.82) is 0 Å². The van der Waals surface area contributed by atoms with Crippen molar-refractivity contribution >= 4 is 27.3 Å². The minimum Gasteiger partial charge on any atom is -0.351 e. The average Bonchev–Trinajstić information content (AvgIpc) is 3.30. The number of amides is 1. The van der Waals surface area contributed by atoms with Crippen molar-refractivity contribution in [2.24, 2.45) is 0 Å². The molecule has 2 aromatic heterocycles. The summed E-state index contributed by atoms with van der Waals surface area (Å²) in [7, 11) is -0.454. The third kappa shape index (κ3) is 4.62. The number of aromatic nitrogens is 2. The van der Waals surface area contributed by atoms with Gasteiger partial charge in [-0.25, -0.2) is 17.4 Å². The molecule has 1 aromatic carbocycles. The lowest BCUT2D eigenvalue weighted by Gasteiger charge is -2.08. The van der Waals surface area contributed by atoms with Gasteiger partial charge in [-0.3, -0.25) is 4.79 Å². The first-order valence-electron chi connectivity index (χ1n) is 8.23. The Morgan fingerprint density at radius 3 is 2.63 bits per heavy atom. The summed E-state index contributed by atoms with van der Waals surface area (Å²) in [5.41, 5.74) is 1.73. The van der Waals surface area contributed by atoms with Crippen LogP contribution in [0, 0.1) is 0 Å². The van der Waals surface area contributed by atoms with E-state index in [1.54, 1.807) is 23.0 Å². The van der Waals surface area contributed by atoms with E-state index in [9.17, 15) is 13.2 Å². The number of thiophene rings is 1. The van der Waals surface area contributed by atoms with Crippen LogP contribution in [0.2, 0.25) is 0 Å². The summed E-state index contributed by atoms with van der Waals surface area (Å²) in [6.07, 6.45) is 3.70. The van der Waals surface area contributed by atoms with Crippen LogP contribution in [0.15, 0.2) is 59.1 Å². The molecule has 2 heterocycles. The average molecular weight is 405 g/mol. The zero-order valence-corrected chi connectivity index (χ0v) is 16.6. The molecular formula is C18H20N4O3S2. The second kappa shape index (κ2) is 8.03. The van der Waals surface area contributed by atoms with Gasteiger partial charge in [0.1, 0.15) is 4.21 Å². The van der Waals surface area contributed by atoms with E-state index in [0.29, 0.717) is 6.54 Å². The van der Waals surface area contributed by atoms with E-state index >= 15 is 0 Å². The summed E-state index contributed by atoms with van der Waals surface area (Å²) in [6.45, 7) is 0.291. The molecule has 27 heavy (non-hydrogen) atoms. The summed E-state index contributed by atoms with van der Waals surface area (Å²) >= 11 is 1.16. The van der Waals surface area contributed by atoms with Crippen molar-refractivity contribution in [3.8, 4) is 5.69 Å². The number of nitrogens with one attached hydrogen (secondary N) is 1. The van der Waals surface area contributed by atoms with Gasteiger partial charge in [-0.05, 0) is 29.8 Å². The van der Waals surface area contributed by atoms with E-state index < -0.39 is 10.0 Å². The SMILES string of the molecule is CN(C)S(=O)(=O)c1ccc(CNC(=O)Cc2cnn(-c3ccccc3)c2)s1. The zero-order valence-electron chi connectivity index (χ0n) is 15.0. The van der Waals surface area contributed by atoms with Crippen LogP contribution in [0.5, 0.6) is 0 Å². The molecule has 7 nitrogen and oxygen atoms in total. The minimum atomic E-state index is -3.44. The Bertz CT molecular complexity index is 1020. The molecule has 0 aliphatic carbocycles. The van der Waals surface area contributed by atoms with Crippen LogP contribution in [0.3, 0.4) is 0 Å². The van der Waals surface area contributed by atoms with Crippen LogP contribution < -0.4 is 5.32 Å². The normalized spacial score (nSPS) is 11.7. The predicted molar refractivity (Wildman–Crippen MR) is 104 cm³/mol. The quantitative estimate of drug-likeness (QED) is 0.653. The zero-order chi connectivity index (χ0) is 19.4. The number of hydrogen-bond donors (Lipinski definition) is 1. The number of carbonyl (C=O) groups excluding carboxylic acids is 1. The maximum Gasteiger partial charge on any atom is 0.252 e. The van der Waals surface area contributed by atoms with Crippen molar-refractivity contribution in [1.82, 2.24) is 19.4 Å². The van der Waals surface area contributed by atoms with Gasteiger partial charge in [-0.1, -0.05) is 18.2 Å². The van der Waals surface area contributed by atoms with E-state index in [-0.39, 0.29) is 16.5 Å². The van der Waals surface area contributed by atoms with Gasteiger partial charge in [-0.15, -0.1) is 11.3 Å². The molecule has 0 bridgehead atoms. The Labute approximate surface area is 162 Å². The highest BCUT2D eigenvalue weighted by Gasteiger charge is 2.19. The summed E-state index contributed by atoms with van der Waals surface area (Å²) in [5, 5.41) is 7.09. The Kier molecular flexibility index (Phi) is 5.73. The van der Waals surface area contributed by atoms with Gasteiger partial charge >= 0.3 is 0 Å². The summed E-state index contributed by atoms with van der Waals surface area (Å²) in [6, 6.07) is 12.9. The highest BCUT2D eigenvalue weighted by atomic mass is 32.2. The smallest absolute Gasteiger partial charge is 0.252 e. The lowest BCUT2D eigenvalue weighted by Crippen LogP contribution is -2.24. The largest absolute Gasteiger partial charge is 0.351 e. The summed E-state index contributed by atoms with van der Waals surface area (Å²) in [4.78, 5) is 13.0. The van der Waals surface area contributed by atoms with E-state index in [0.717, 1.165) is 27.5 Å².